The predicted molar refractivity (Wildman–Crippen MR) is 89.7 cm³/mol. The van der Waals surface area contributed by atoms with E-state index in [9.17, 15) is 13.6 Å². The maximum Gasteiger partial charge on any atom is 0.387 e. The first kappa shape index (κ1) is 16.6. The molecule has 0 bridgehead atoms. The number of hydrogen-bond acceptors (Lipinski definition) is 3. The van der Waals surface area contributed by atoms with Gasteiger partial charge >= 0.3 is 6.61 Å². The number of nitrogens with zero attached hydrogens (tertiary/aromatic N) is 2. The molecule has 0 aliphatic rings. The zero-order chi connectivity index (χ0) is 17.8. The number of nitrogens with one attached hydrogen (secondary N) is 1. The van der Waals surface area contributed by atoms with Crippen molar-refractivity contribution in [3.63, 3.8) is 0 Å². The van der Waals surface area contributed by atoms with E-state index in [1.807, 2.05) is 30.3 Å². The van der Waals surface area contributed by atoms with Gasteiger partial charge in [0.2, 0.25) is 0 Å². The Morgan fingerprint density at radius 1 is 1.12 bits per heavy atom. The van der Waals surface area contributed by atoms with Crippen LogP contribution >= 0.6 is 0 Å². The number of benzene rings is 2. The first-order valence-corrected chi connectivity index (χ1v) is 7.48. The highest BCUT2D eigenvalue weighted by molar-refractivity contribution is 6.03. The third-order valence-corrected chi connectivity index (χ3v) is 3.50. The lowest BCUT2D eigenvalue weighted by Crippen LogP contribution is -2.16. The molecule has 1 amide bonds. The molecule has 1 heterocycles. The molecule has 3 rings (SSSR count). The summed E-state index contributed by atoms with van der Waals surface area (Å²) in [5.41, 5.74) is 2.26. The minimum absolute atomic E-state index is 0.0252. The fourth-order valence-electron chi connectivity index (χ4n) is 2.37. The van der Waals surface area contributed by atoms with E-state index in [0.29, 0.717) is 17.1 Å². The number of alkyl halides is 2. The molecule has 0 saturated carbocycles. The SMILES string of the molecule is Cn1nc(-c2ccccc2)cc1C(=O)Nc1cccc(OC(F)F)c1. The van der Waals surface area contributed by atoms with Crippen molar-refractivity contribution in [3.8, 4) is 17.0 Å². The Hall–Kier alpha value is -3.22. The molecular formula is C18H15F2N3O2. The maximum atomic E-state index is 12.5. The van der Waals surface area contributed by atoms with Crippen LogP contribution in [0.15, 0.2) is 60.7 Å². The van der Waals surface area contributed by atoms with Crippen LogP contribution in [0.2, 0.25) is 0 Å². The lowest BCUT2D eigenvalue weighted by Gasteiger charge is -2.08. The normalized spacial score (nSPS) is 10.7. The third kappa shape index (κ3) is 4.00. The van der Waals surface area contributed by atoms with Crippen molar-refractivity contribution in [2.24, 2.45) is 7.05 Å². The Morgan fingerprint density at radius 2 is 1.88 bits per heavy atom. The Labute approximate surface area is 142 Å². The largest absolute Gasteiger partial charge is 0.435 e. The average Bonchev–Trinajstić information content (AvgIpc) is 2.97. The lowest BCUT2D eigenvalue weighted by atomic mass is 10.1. The van der Waals surface area contributed by atoms with Gasteiger partial charge in [0, 0.05) is 24.4 Å². The number of amides is 1. The molecule has 5 nitrogen and oxygen atoms in total. The number of ether oxygens (including phenoxy) is 1. The van der Waals surface area contributed by atoms with Crippen LogP contribution in [0.1, 0.15) is 10.5 Å². The van der Waals surface area contributed by atoms with Gasteiger partial charge in [-0.2, -0.15) is 13.9 Å². The van der Waals surface area contributed by atoms with Crippen molar-refractivity contribution < 1.29 is 18.3 Å². The van der Waals surface area contributed by atoms with Gasteiger partial charge in [-0.05, 0) is 18.2 Å². The first-order valence-electron chi connectivity index (χ1n) is 7.48. The smallest absolute Gasteiger partial charge is 0.387 e. The molecular weight excluding hydrogens is 328 g/mol. The van der Waals surface area contributed by atoms with Gasteiger partial charge in [0.05, 0.1) is 5.69 Å². The van der Waals surface area contributed by atoms with Crippen molar-refractivity contribution in [1.29, 1.82) is 0 Å². The summed E-state index contributed by atoms with van der Waals surface area (Å²) in [4.78, 5) is 12.5. The summed E-state index contributed by atoms with van der Waals surface area (Å²) < 4.78 is 30.3. The Bertz CT molecular complexity index is 879. The molecule has 0 unspecified atom stereocenters. The molecule has 128 valence electrons. The second-order valence-electron chi connectivity index (χ2n) is 5.26. The highest BCUT2D eigenvalue weighted by Crippen LogP contribution is 2.21. The Balaban J connectivity index is 1.79. The molecule has 0 radical (unpaired) electrons. The van der Waals surface area contributed by atoms with Gasteiger partial charge in [-0.15, -0.1) is 0 Å². The van der Waals surface area contributed by atoms with Crippen molar-refractivity contribution >= 4 is 11.6 Å². The van der Waals surface area contributed by atoms with E-state index >= 15 is 0 Å². The number of rotatable bonds is 5. The second-order valence-corrected chi connectivity index (χ2v) is 5.26. The summed E-state index contributed by atoms with van der Waals surface area (Å²) >= 11 is 0. The monoisotopic (exact) mass is 343 g/mol. The second kappa shape index (κ2) is 7.12. The number of aryl methyl sites for hydroxylation is 1. The van der Waals surface area contributed by atoms with E-state index in [1.165, 1.54) is 22.9 Å². The maximum absolute atomic E-state index is 12.5. The standard InChI is InChI=1S/C18H15F2N3O2/c1-23-16(11-15(22-23)12-6-3-2-4-7-12)17(24)21-13-8-5-9-14(10-13)25-18(19)20/h2-11,18H,1H3,(H,21,24). The Kier molecular flexibility index (Phi) is 4.74. The minimum atomic E-state index is -2.92. The summed E-state index contributed by atoms with van der Waals surface area (Å²) in [7, 11) is 1.66. The van der Waals surface area contributed by atoms with Gasteiger partial charge in [0.25, 0.3) is 5.91 Å². The molecule has 1 aromatic heterocycles. The number of carbonyl (C=O) groups is 1. The summed E-state index contributed by atoms with van der Waals surface area (Å²) in [6.07, 6.45) is 0. The van der Waals surface area contributed by atoms with Gasteiger partial charge in [-0.3, -0.25) is 9.48 Å². The molecule has 0 aliphatic carbocycles. The molecule has 0 aliphatic heterocycles. The van der Waals surface area contributed by atoms with E-state index in [-0.39, 0.29) is 5.75 Å². The van der Waals surface area contributed by atoms with Crippen LogP contribution < -0.4 is 10.1 Å². The molecule has 25 heavy (non-hydrogen) atoms. The van der Waals surface area contributed by atoms with Gasteiger partial charge in [0.15, 0.2) is 0 Å². The van der Waals surface area contributed by atoms with Crippen LogP contribution in [0.3, 0.4) is 0 Å². The topological polar surface area (TPSA) is 56.2 Å². The van der Waals surface area contributed by atoms with E-state index in [0.717, 1.165) is 5.56 Å². The lowest BCUT2D eigenvalue weighted by molar-refractivity contribution is -0.0497. The fraction of sp³-hybridized carbons (Fsp3) is 0.111. The predicted octanol–water partition coefficient (Wildman–Crippen LogP) is 3.94. The molecule has 7 heteroatoms. The molecule has 2 aromatic carbocycles. The van der Waals surface area contributed by atoms with Gasteiger partial charge < -0.3 is 10.1 Å². The first-order chi connectivity index (χ1) is 12.0. The molecule has 0 saturated heterocycles. The van der Waals surface area contributed by atoms with Crippen molar-refractivity contribution in [1.82, 2.24) is 9.78 Å². The fourth-order valence-corrected chi connectivity index (χ4v) is 2.37. The summed E-state index contributed by atoms with van der Waals surface area (Å²) in [5, 5.41) is 6.99. The van der Waals surface area contributed by atoms with E-state index in [2.05, 4.69) is 15.2 Å². The van der Waals surface area contributed by atoms with E-state index in [4.69, 9.17) is 0 Å². The number of halogens is 2. The molecule has 0 atom stereocenters. The van der Waals surface area contributed by atoms with Crippen LogP contribution in [-0.2, 0) is 7.05 Å². The number of aromatic nitrogens is 2. The molecule has 3 aromatic rings. The minimum Gasteiger partial charge on any atom is -0.435 e. The molecule has 1 N–H and O–H groups in total. The zero-order valence-electron chi connectivity index (χ0n) is 13.3. The van der Waals surface area contributed by atoms with Crippen LogP contribution in [0.4, 0.5) is 14.5 Å². The van der Waals surface area contributed by atoms with E-state index < -0.39 is 12.5 Å². The van der Waals surface area contributed by atoms with Crippen LogP contribution in [-0.4, -0.2) is 22.3 Å². The molecule has 0 fully saturated rings. The van der Waals surface area contributed by atoms with Crippen LogP contribution in [0, 0.1) is 0 Å². The highest BCUT2D eigenvalue weighted by Gasteiger charge is 2.15. The average molecular weight is 343 g/mol. The third-order valence-electron chi connectivity index (χ3n) is 3.50. The highest BCUT2D eigenvalue weighted by atomic mass is 19.3. The summed E-state index contributed by atoms with van der Waals surface area (Å²) in [6.45, 7) is -2.92. The van der Waals surface area contributed by atoms with Crippen molar-refractivity contribution in [3.05, 3.63) is 66.4 Å². The summed E-state index contributed by atoms with van der Waals surface area (Å²) in [6, 6.07) is 17.0. The van der Waals surface area contributed by atoms with Gasteiger partial charge in [-0.25, -0.2) is 0 Å². The van der Waals surface area contributed by atoms with Crippen LogP contribution in [0.5, 0.6) is 5.75 Å². The number of anilines is 1. The summed E-state index contributed by atoms with van der Waals surface area (Å²) in [5.74, 6) is -0.422. The van der Waals surface area contributed by atoms with Gasteiger partial charge in [0.1, 0.15) is 11.4 Å². The van der Waals surface area contributed by atoms with Crippen molar-refractivity contribution in [2.45, 2.75) is 6.61 Å². The number of hydrogen-bond donors (Lipinski definition) is 1. The zero-order valence-corrected chi connectivity index (χ0v) is 13.3. The van der Waals surface area contributed by atoms with Gasteiger partial charge in [-0.1, -0.05) is 36.4 Å². The molecule has 0 spiro atoms. The number of carbonyl (C=O) groups excluding carboxylic acids is 1. The quantitative estimate of drug-likeness (QED) is 0.763. The van der Waals surface area contributed by atoms with E-state index in [1.54, 1.807) is 19.2 Å². The van der Waals surface area contributed by atoms with Crippen molar-refractivity contribution in [2.75, 3.05) is 5.32 Å². The van der Waals surface area contributed by atoms with Crippen LogP contribution in [0.25, 0.3) is 11.3 Å². The Morgan fingerprint density at radius 3 is 2.60 bits per heavy atom.